The van der Waals surface area contributed by atoms with Crippen LogP contribution >= 0.6 is 11.3 Å². The van der Waals surface area contributed by atoms with Crippen LogP contribution in [0, 0.1) is 6.92 Å². The van der Waals surface area contributed by atoms with Gasteiger partial charge in [-0.05, 0) is 5.38 Å². The van der Waals surface area contributed by atoms with Crippen LogP contribution in [-0.2, 0) is 0 Å². The van der Waals surface area contributed by atoms with Crippen molar-refractivity contribution in [3.05, 3.63) is 29.3 Å². The second kappa shape index (κ2) is 5.76. The van der Waals surface area contributed by atoms with Crippen LogP contribution in [-0.4, -0.2) is 23.1 Å². The fourth-order valence-electron chi connectivity index (χ4n) is 0.313. The van der Waals surface area contributed by atoms with E-state index in [2.05, 4.69) is 6.92 Å². The molecule has 0 fully saturated rings. The summed E-state index contributed by atoms with van der Waals surface area (Å²) in [6.45, 7) is 3.70. The second-order valence-corrected chi connectivity index (χ2v) is 2.11. The summed E-state index contributed by atoms with van der Waals surface area (Å²) in [5, 5.41) is 2.02. The summed E-state index contributed by atoms with van der Waals surface area (Å²) < 4.78 is 0. The van der Waals surface area contributed by atoms with Gasteiger partial charge in [0.25, 0.3) is 0 Å². The van der Waals surface area contributed by atoms with Gasteiger partial charge in [-0.1, -0.05) is 0 Å². The molecule has 0 aliphatic carbocycles. The summed E-state index contributed by atoms with van der Waals surface area (Å²) in [7, 11) is 0. The van der Waals surface area contributed by atoms with E-state index in [4.69, 9.17) is 0 Å². The number of rotatable bonds is 0. The Morgan fingerprint density at radius 1 is 1.50 bits per heavy atom. The van der Waals surface area contributed by atoms with Gasteiger partial charge in [-0.25, -0.2) is 6.92 Å². The Morgan fingerprint density at radius 2 is 2.12 bits per heavy atom. The smallest absolute Gasteiger partial charge is 1.00 e. The van der Waals surface area contributed by atoms with Crippen LogP contribution in [0.4, 0.5) is 0 Å². The van der Waals surface area contributed by atoms with Crippen molar-refractivity contribution in [3.8, 4) is 0 Å². The van der Waals surface area contributed by atoms with Crippen molar-refractivity contribution < 1.29 is 12.4 Å². The minimum absolute atomic E-state index is 0. The Labute approximate surface area is 75.9 Å². The van der Waals surface area contributed by atoms with Crippen LogP contribution in [0.5, 0.6) is 0 Å². The predicted molar refractivity (Wildman–Crippen MR) is 34.5 cm³/mol. The zero-order valence-electron chi connectivity index (χ0n) is 4.43. The molecule has 0 amide bonds. The Kier molecular flexibility index (Phi) is 8.22. The monoisotopic (exact) mass is 156 g/mol. The molecule has 1 aromatic rings. The number of thiophene rings is 1. The van der Waals surface area contributed by atoms with Gasteiger partial charge in [-0.3, -0.25) is 0 Å². The summed E-state index contributed by atoms with van der Waals surface area (Å²) in [4.78, 5) is 1.13. The summed E-state index contributed by atoms with van der Waals surface area (Å²) >= 11 is 1.67. The molecule has 0 aliphatic heterocycles. The first-order valence-corrected chi connectivity index (χ1v) is 2.63. The number of halogens is 1. The van der Waals surface area contributed by atoms with E-state index in [1.165, 1.54) is 0 Å². The van der Waals surface area contributed by atoms with Gasteiger partial charge in [0.15, 0.2) is 0 Å². The summed E-state index contributed by atoms with van der Waals surface area (Å²) in [6.07, 6.45) is 0. The van der Waals surface area contributed by atoms with Crippen LogP contribution in [0.25, 0.3) is 0 Å². The maximum Gasteiger partial charge on any atom is 2.00 e. The van der Waals surface area contributed by atoms with Gasteiger partial charge in [0.2, 0.25) is 0 Å². The number of hydrogen-bond acceptors (Lipinski definition) is 1. The SMILES string of the molecule is [CH2-]c1cccs1.[Cl-].[Mg+2]. The second-order valence-electron chi connectivity index (χ2n) is 1.08. The van der Waals surface area contributed by atoms with Gasteiger partial charge in [-0.2, -0.15) is 17.4 Å². The van der Waals surface area contributed by atoms with Gasteiger partial charge in [0, 0.05) is 0 Å². The molecule has 0 N–H and O–H groups in total. The third-order valence-electron chi connectivity index (χ3n) is 0.580. The first-order chi connectivity index (χ1) is 2.89. The van der Waals surface area contributed by atoms with Gasteiger partial charge >= 0.3 is 23.1 Å². The average molecular weight is 157 g/mol. The molecule has 1 rings (SSSR count). The van der Waals surface area contributed by atoms with Crippen LogP contribution in [0.3, 0.4) is 0 Å². The molecule has 0 aliphatic rings. The molecule has 0 unspecified atom stereocenters. The van der Waals surface area contributed by atoms with E-state index in [1.807, 2.05) is 17.5 Å². The van der Waals surface area contributed by atoms with Crippen LogP contribution in [0.15, 0.2) is 17.5 Å². The largest absolute Gasteiger partial charge is 2.00 e. The first-order valence-electron chi connectivity index (χ1n) is 1.75. The van der Waals surface area contributed by atoms with Crippen molar-refractivity contribution in [1.82, 2.24) is 0 Å². The predicted octanol–water partition coefficient (Wildman–Crippen LogP) is -1.45. The maximum atomic E-state index is 3.70. The molecule has 8 heavy (non-hydrogen) atoms. The van der Waals surface area contributed by atoms with Crippen molar-refractivity contribution in [2.45, 2.75) is 0 Å². The van der Waals surface area contributed by atoms with Crippen LogP contribution in [0.1, 0.15) is 4.88 Å². The zero-order chi connectivity index (χ0) is 4.41. The molecule has 0 atom stereocenters. The summed E-state index contributed by atoms with van der Waals surface area (Å²) in [5.74, 6) is 0. The van der Waals surface area contributed by atoms with E-state index < -0.39 is 0 Å². The topological polar surface area (TPSA) is 0 Å². The van der Waals surface area contributed by atoms with E-state index in [0.717, 1.165) is 4.88 Å². The van der Waals surface area contributed by atoms with Gasteiger partial charge in [0.05, 0.1) is 0 Å². The molecule has 0 spiro atoms. The van der Waals surface area contributed by atoms with Crippen LogP contribution in [0.2, 0.25) is 0 Å². The molecule has 0 saturated carbocycles. The fraction of sp³-hybridized carbons (Fsp3) is 0. The third-order valence-corrected chi connectivity index (χ3v) is 1.31. The van der Waals surface area contributed by atoms with Gasteiger partial charge in [0.1, 0.15) is 0 Å². The normalized spacial score (nSPS) is 6.50. The van der Waals surface area contributed by atoms with E-state index in [1.54, 1.807) is 11.3 Å². The van der Waals surface area contributed by atoms with Gasteiger partial charge in [-0.15, -0.1) is 10.9 Å². The van der Waals surface area contributed by atoms with E-state index >= 15 is 0 Å². The molecule has 0 nitrogen and oxygen atoms in total. The van der Waals surface area contributed by atoms with Crippen LogP contribution < -0.4 is 12.4 Å². The molecule has 1 heterocycles. The molecular weight excluding hydrogens is 152 g/mol. The molecule has 0 saturated heterocycles. The van der Waals surface area contributed by atoms with E-state index in [-0.39, 0.29) is 35.5 Å². The summed E-state index contributed by atoms with van der Waals surface area (Å²) in [5.41, 5.74) is 0. The first kappa shape index (κ1) is 11.4. The van der Waals surface area contributed by atoms with Gasteiger partial charge < -0.3 is 12.4 Å². The van der Waals surface area contributed by atoms with E-state index in [9.17, 15) is 0 Å². The molecule has 3 heteroatoms. The standard InChI is InChI=1S/C5H5S.ClH.Mg/c1-5-3-2-4-6-5;;/h2-4H,1H2;1H;/q-1;;+2/p-1. The summed E-state index contributed by atoms with van der Waals surface area (Å²) in [6, 6.07) is 3.98. The Bertz CT molecular complexity index is 116. The minimum Gasteiger partial charge on any atom is -1.00 e. The molecule has 0 aromatic carbocycles. The molecular formula is C5H5ClMgS. The van der Waals surface area contributed by atoms with E-state index in [0.29, 0.717) is 0 Å². The van der Waals surface area contributed by atoms with Crippen molar-refractivity contribution in [2.75, 3.05) is 0 Å². The quantitative estimate of drug-likeness (QED) is 0.319. The zero-order valence-corrected chi connectivity index (χ0v) is 7.42. The average Bonchev–Trinajstić information content (AvgIpc) is 1.86. The molecule has 0 bridgehead atoms. The van der Waals surface area contributed by atoms with Crippen molar-refractivity contribution in [2.24, 2.45) is 0 Å². The Hall–Kier alpha value is 0.626. The van der Waals surface area contributed by atoms with Crippen molar-refractivity contribution >= 4 is 34.4 Å². The number of hydrogen-bond donors (Lipinski definition) is 0. The maximum absolute atomic E-state index is 3.70. The fourth-order valence-corrected chi connectivity index (χ4v) is 0.802. The van der Waals surface area contributed by atoms with Crippen molar-refractivity contribution in [1.29, 1.82) is 0 Å². The van der Waals surface area contributed by atoms with Crippen molar-refractivity contribution in [3.63, 3.8) is 0 Å². The Morgan fingerprint density at radius 3 is 2.25 bits per heavy atom. The minimum atomic E-state index is 0. The molecule has 1 aromatic heterocycles. The molecule has 40 valence electrons. The third kappa shape index (κ3) is 3.61. The Balaban J connectivity index is 0. The molecule has 0 radical (unpaired) electrons.